The normalized spacial score (nSPS) is 28.4. The molecular weight excluding hydrogens is 448 g/mol. The van der Waals surface area contributed by atoms with E-state index in [2.05, 4.69) is 23.1 Å². The number of hydrogen-bond acceptors (Lipinski definition) is 8. The Kier molecular flexibility index (Phi) is 6.30. The van der Waals surface area contributed by atoms with Crippen molar-refractivity contribution in [3.8, 4) is 11.5 Å². The second-order valence-corrected chi connectivity index (χ2v) is 10.3. The molecule has 1 aromatic rings. The molecule has 0 radical (unpaired) electrons. The maximum absolute atomic E-state index is 13.9. The molecule has 0 N–H and O–H groups in total. The van der Waals surface area contributed by atoms with E-state index in [-0.39, 0.29) is 30.6 Å². The minimum Gasteiger partial charge on any atom is -0.497 e. The predicted molar refractivity (Wildman–Crippen MR) is 130 cm³/mol. The van der Waals surface area contributed by atoms with Crippen LogP contribution in [0.15, 0.2) is 24.0 Å². The van der Waals surface area contributed by atoms with Gasteiger partial charge >= 0.3 is 5.97 Å². The average molecular weight is 485 g/mol. The summed E-state index contributed by atoms with van der Waals surface area (Å²) in [4.78, 5) is 29.9. The Bertz CT molecular complexity index is 1040. The van der Waals surface area contributed by atoms with Crippen molar-refractivity contribution in [2.75, 3.05) is 41.1 Å². The molecule has 0 bridgehead atoms. The van der Waals surface area contributed by atoms with Crippen molar-refractivity contribution in [2.45, 2.75) is 68.5 Å². The fourth-order valence-corrected chi connectivity index (χ4v) is 6.75. The van der Waals surface area contributed by atoms with Crippen molar-refractivity contribution >= 4 is 12.3 Å². The summed E-state index contributed by atoms with van der Waals surface area (Å²) in [5.41, 5.74) is 1.02. The van der Waals surface area contributed by atoms with E-state index in [9.17, 15) is 9.59 Å². The van der Waals surface area contributed by atoms with E-state index in [1.165, 1.54) is 5.56 Å². The zero-order chi connectivity index (χ0) is 24.8. The SMILES string of the molecule is CCC[C@@](CC=O)(C(=O)O[C@@H]1C(OC)=C[C@]23CCCN2CCc2cc4c(cc2[C@H]13)OCO4)N(C)C. The zero-order valence-corrected chi connectivity index (χ0v) is 21.2. The van der Waals surface area contributed by atoms with E-state index >= 15 is 0 Å². The van der Waals surface area contributed by atoms with Crippen molar-refractivity contribution in [3.05, 3.63) is 35.1 Å². The summed E-state index contributed by atoms with van der Waals surface area (Å²) in [5.74, 6) is 1.67. The second-order valence-electron chi connectivity index (χ2n) is 10.3. The number of likely N-dealkylation sites (N-methyl/N-ethyl adjacent to an activating group) is 1. The van der Waals surface area contributed by atoms with Gasteiger partial charge < -0.3 is 23.7 Å². The first-order chi connectivity index (χ1) is 16.9. The van der Waals surface area contributed by atoms with Gasteiger partial charge in [0.15, 0.2) is 17.6 Å². The molecule has 0 saturated carbocycles. The molecule has 4 aliphatic rings. The van der Waals surface area contributed by atoms with E-state index < -0.39 is 11.6 Å². The van der Waals surface area contributed by atoms with Gasteiger partial charge in [-0.2, -0.15) is 0 Å². The van der Waals surface area contributed by atoms with Gasteiger partial charge in [-0.15, -0.1) is 0 Å². The average Bonchev–Trinajstić information content (AvgIpc) is 3.52. The number of esters is 1. The maximum Gasteiger partial charge on any atom is 0.327 e. The lowest BCUT2D eigenvalue weighted by atomic mass is 9.77. The summed E-state index contributed by atoms with van der Waals surface area (Å²) in [5, 5.41) is 0. The quantitative estimate of drug-likeness (QED) is 0.412. The van der Waals surface area contributed by atoms with Gasteiger partial charge in [0, 0.05) is 13.0 Å². The van der Waals surface area contributed by atoms with E-state index in [1.807, 2.05) is 25.9 Å². The molecule has 5 rings (SSSR count). The molecule has 4 atom stereocenters. The van der Waals surface area contributed by atoms with Gasteiger partial charge in [0.2, 0.25) is 6.79 Å². The lowest BCUT2D eigenvalue weighted by Gasteiger charge is -2.41. The van der Waals surface area contributed by atoms with Crippen LogP contribution in [0.5, 0.6) is 11.5 Å². The van der Waals surface area contributed by atoms with E-state index in [4.69, 9.17) is 18.9 Å². The Balaban J connectivity index is 1.60. The number of ether oxygens (including phenoxy) is 4. The number of carbonyl (C=O) groups is 2. The van der Waals surface area contributed by atoms with Crippen LogP contribution in [-0.2, 0) is 25.5 Å². The van der Waals surface area contributed by atoms with Crippen LogP contribution in [0.2, 0.25) is 0 Å². The smallest absolute Gasteiger partial charge is 0.327 e. The minimum absolute atomic E-state index is 0.0859. The Morgan fingerprint density at radius 1 is 1.29 bits per heavy atom. The van der Waals surface area contributed by atoms with Crippen molar-refractivity contribution in [3.63, 3.8) is 0 Å². The molecular formula is C27H36N2O6. The second kappa shape index (κ2) is 9.13. The van der Waals surface area contributed by atoms with E-state index in [1.54, 1.807) is 7.11 Å². The van der Waals surface area contributed by atoms with Crippen LogP contribution in [0.4, 0.5) is 0 Å². The molecule has 1 aliphatic carbocycles. The number of benzene rings is 1. The number of nitrogens with zero attached hydrogens (tertiary/aromatic N) is 2. The molecule has 0 amide bonds. The molecule has 0 aromatic heterocycles. The van der Waals surface area contributed by atoms with Gasteiger partial charge in [-0.3, -0.25) is 14.6 Å². The Labute approximate surface area is 207 Å². The molecule has 1 spiro atoms. The van der Waals surface area contributed by atoms with Crippen LogP contribution in [0, 0.1) is 0 Å². The molecule has 8 nitrogen and oxygen atoms in total. The van der Waals surface area contributed by atoms with Crippen molar-refractivity contribution in [1.29, 1.82) is 0 Å². The first-order valence-electron chi connectivity index (χ1n) is 12.7. The molecule has 1 saturated heterocycles. The van der Waals surface area contributed by atoms with E-state index in [0.717, 1.165) is 62.1 Å². The highest BCUT2D eigenvalue weighted by atomic mass is 16.7. The predicted octanol–water partition coefficient (Wildman–Crippen LogP) is 3.03. The molecule has 35 heavy (non-hydrogen) atoms. The molecule has 8 heteroatoms. The first kappa shape index (κ1) is 24.1. The first-order valence-corrected chi connectivity index (χ1v) is 12.7. The summed E-state index contributed by atoms with van der Waals surface area (Å²) < 4.78 is 23.7. The maximum atomic E-state index is 13.9. The fraction of sp³-hybridized carbons (Fsp3) is 0.630. The molecule has 1 aromatic carbocycles. The van der Waals surface area contributed by atoms with Crippen molar-refractivity contribution in [1.82, 2.24) is 9.80 Å². The van der Waals surface area contributed by atoms with Crippen molar-refractivity contribution in [2.24, 2.45) is 0 Å². The van der Waals surface area contributed by atoms with Gasteiger partial charge in [-0.1, -0.05) is 13.3 Å². The van der Waals surface area contributed by atoms with Crippen LogP contribution in [0.3, 0.4) is 0 Å². The van der Waals surface area contributed by atoms with Gasteiger partial charge in [0.25, 0.3) is 0 Å². The highest BCUT2D eigenvalue weighted by Gasteiger charge is 2.59. The van der Waals surface area contributed by atoms with Crippen LogP contribution >= 0.6 is 0 Å². The third-order valence-corrected chi connectivity index (χ3v) is 8.52. The number of carbonyl (C=O) groups excluding carboxylic acids is 2. The lowest BCUT2D eigenvalue weighted by molar-refractivity contribution is -0.165. The summed E-state index contributed by atoms with van der Waals surface area (Å²) in [7, 11) is 5.32. The fourth-order valence-electron chi connectivity index (χ4n) is 6.75. The molecule has 3 aliphatic heterocycles. The number of aldehydes is 1. The molecule has 1 fully saturated rings. The topological polar surface area (TPSA) is 77.5 Å². The number of fused-ring (bicyclic) bond motifs is 3. The lowest BCUT2D eigenvalue weighted by Crippen LogP contribution is -2.54. The summed E-state index contributed by atoms with van der Waals surface area (Å²) in [6.45, 7) is 4.14. The van der Waals surface area contributed by atoms with Crippen LogP contribution in [-0.4, -0.2) is 80.3 Å². The monoisotopic (exact) mass is 484 g/mol. The summed E-state index contributed by atoms with van der Waals surface area (Å²) >= 11 is 0. The number of hydrogen-bond donors (Lipinski definition) is 0. The van der Waals surface area contributed by atoms with E-state index in [0.29, 0.717) is 12.2 Å². The van der Waals surface area contributed by atoms with Crippen LogP contribution in [0.1, 0.15) is 56.1 Å². The number of methoxy groups -OCH3 is 1. The largest absolute Gasteiger partial charge is 0.497 e. The van der Waals surface area contributed by atoms with Crippen molar-refractivity contribution < 1.29 is 28.5 Å². The summed E-state index contributed by atoms with van der Waals surface area (Å²) in [6.07, 6.45) is 6.74. The van der Waals surface area contributed by atoms with Crippen LogP contribution < -0.4 is 9.47 Å². The molecule has 190 valence electrons. The molecule has 3 heterocycles. The Morgan fingerprint density at radius 2 is 2.06 bits per heavy atom. The van der Waals surface area contributed by atoms with Gasteiger partial charge in [-0.25, -0.2) is 0 Å². The molecule has 0 unspecified atom stereocenters. The third kappa shape index (κ3) is 3.64. The highest BCUT2D eigenvalue weighted by molar-refractivity contribution is 5.84. The Hall–Kier alpha value is -2.58. The Morgan fingerprint density at radius 3 is 2.74 bits per heavy atom. The van der Waals surface area contributed by atoms with Gasteiger partial charge in [0.1, 0.15) is 17.6 Å². The highest BCUT2D eigenvalue weighted by Crippen LogP contribution is 2.55. The third-order valence-electron chi connectivity index (χ3n) is 8.52. The summed E-state index contributed by atoms with van der Waals surface area (Å²) in [6, 6.07) is 4.17. The minimum atomic E-state index is -1.01. The number of rotatable bonds is 8. The van der Waals surface area contributed by atoms with Gasteiger partial charge in [0.05, 0.1) is 18.6 Å². The van der Waals surface area contributed by atoms with Gasteiger partial charge in [-0.05, 0) is 75.7 Å². The zero-order valence-electron chi connectivity index (χ0n) is 21.2. The van der Waals surface area contributed by atoms with Crippen LogP contribution in [0.25, 0.3) is 0 Å². The standard InChI is InChI=1S/C27H36N2O6/c1-5-8-26(10-13-30,28(2)3)25(31)35-24-22(32-4)16-27-9-6-11-29(27)12-7-18-14-20-21(34-17-33-20)15-19(18)23(24)27/h13-16,23-24H,5-12,17H2,1-4H3/t23-,24-,26-,27+/m1/s1.